The first-order chi connectivity index (χ1) is 11.0. The van der Waals surface area contributed by atoms with E-state index in [1.165, 1.54) is 0 Å². The van der Waals surface area contributed by atoms with Crippen LogP contribution < -0.4 is 16.0 Å². The standard InChI is InChI=1S/C16H19N5O2/c1-10(2)21-9-11(8-17-21)18-16(23)20-14-7-15(22)19-13-6-4-3-5-12(13)14/h3-6,8-10,14H,7H2,1-2H3,(H,19,22)(H2,18,20,23). The predicted molar refractivity (Wildman–Crippen MR) is 87.2 cm³/mol. The summed E-state index contributed by atoms with van der Waals surface area (Å²) in [5.41, 5.74) is 2.26. The molecule has 1 aromatic carbocycles. The molecular formula is C16H19N5O2. The molecule has 0 aliphatic carbocycles. The van der Waals surface area contributed by atoms with Gasteiger partial charge in [0, 0.05) is 17.9 Å². The quantitative estimate of drug-likeness (QED) is 0.814. The highest BCUT2D eigenvalue weighted by Gasteiger charge is 2.26. The molecule has 0 saturated carbocycles. The van der Waals surface area contributed by atoms with Gasteiger partial charge in [-0.15, -0.1) is 0 Å². The Morgan fingerprint density at radius 2 is 2.17 bits per heavy atom. The maximum Gasteiger partial charge on any atom is 0.319 e. The highest BCUT2D eigenvalue weighted by atomic mass is 16.2. The Kier molecular flexibility index (Phi) is 4.01. The molecule has 1 aliphatic rings. The van der Waals surface area contributed by atoms with Crippen LogP contribution in [0.1, 0.15) is 37.9 Å². The van der Waals surface area contributed by atoms with Gasteiger partial charge in [-0.2, -0.15) is 5.10 Å². The molecule has 3 N–H and O–H groups in total. The normalized spacial score (nSPS) is 16.7. The van der Waals surface area contributed by atoms with Gasteiger partial charge < -0.3 is 16.0 Å². The van der Waals surface area contributed by atoms with Crippen molar-refractivity contribution in [3.63, 3.8) is 0 Å². The molecule has 120 valence electrons. The summed E-state index contributed by atoms with van der Waals surface area (Å²) in [5.74, 6) is -0.110. The molecule has 1 unspecified atom stereocenters. The van der Waals surface area contributed by atoms with E-state index >= 15 is 0 Å². The SMILES string of the molecule is CC(C)n1cc(NC(=O)NC2CC(=O)Nc3ccccc32)cn1. The molecule has 7 nitrogen and oxygen atoms in total. The van der Waals surface area contributed by atoms with Gasteiger partial charge in [-0.1, -0.05) is 18.2 Å². The van der Waals surface area contributed by atoms with Crippen LogP contribution in [0.2, 0.25) is 0 Å². The summed E-state index contributed by atoms with van der Waals surface area (Å²) >= 11 is 0. The molecule has 7 heteroatoms. The first-order valence-corrected chi connectivity index (χ1v) is 7.53. The Hall–Kier alpha value is -2.83. The number of benzene rings is 1. The topological polar surface area (TPSA) is 88.0 Å². The number of amides is 3. The molecule has 0 saturated heterocycles. The number of hydrogen-bond donors (Lipinski definition) is 3. The zero-order chi connectivity index (χ0) is 16.4. The molecule has 3 rings (SSSR count). The largest absolute Gasteiger partial charge is 0.330 e. The summed E-state index contributed by atoms with van der Waals surface area (Å²) in [5, 5.41) is 12.6. The van der Waals surface area contributed by atoms with Crippen molar-refractivity contribution < 1.29 is 9.59 Å². The number of carbonyl (C=O) groups is 2. The second kappa shape index (κ2) is 6.12. The van der Waals surface area contributed by atoms with E-state index in [4.69, 9.17) is 0 Å². The zero-order valence-corrected chi connectivity index (χ0v) is 13.0. The smallest absolute Gasteiger partial charge is 0.319 e. The van der Waals surface area contributed by atoms with Gasteiger partial charge in [0.25, 0.3) is 0 Å². The van der Waals surface area contributed by atoms with Crippen LogP contribution in [0, 0.1) is 0 Å². The lowest BCUT2D eigenvalue weighted by Gasteiger charge is -2.26. The number of para-hydroxylation sites is 1. The average molecular weight is 313 g/mol. The fourth-order valence-corrected chi connectivity index (χ4v) is 2.55. The molecule has 1 aromatic heterocycles. The first-order valence-electron chi connectivity index (χ1n) is 7.53. The lowest BCUT2D eigenvalue weighted by molar-refractivity contribution is -0.116. The summed E-state index contributed by atoms with van der Waals surface area (Å²) in [7, 11) is 0. The van der Waals surface area contributed by atoms with Gasteiger partial charge >= 0.3 is 6.03 Å². The maximum atomic E-state index is 12.2. The molecule has 1 atom stereocenters. The number of aromatic nitrogens is 2. The monoisotopic (exact) mass is 313 g/mol. The number of rotatable bonds is 3. The van der Waals surface area contributed by atoms with E-state index in [0.717, 1.165) is 11.3 Å². The minimum Gasteiger partial charge on any atom is -0.330 e. The molecule has 0 spiro atoms. The minimum atomic E-state index is -0.359. The van der Waals surface area contributed by atoms with Gasteiger partial charge in [0.05, 0.1) is 24.3 Å². The Morgan fingerprint density at radius 1 is 1.39 bits per heavy atom. The lowest BCUT2D eigenvalue weighted by atomic mass is 9.97. The van der Waals surface area contributed by atoms with E-state index in [-0.39, 0.29) is 30.4 Å². The van der Waals surface area contributed by atoms with Crippen LogP contribution in [-0.4, -0.2) is 21.7 Å². The zero-order valence-electron chi connectivity index (χ0n) is 13.0. The molecule has 23 heavy (non-hydrogen) atoms. The van der Waals surface area contributed by atoms with Crippen molar-refractivity contribution in [2.24, 2.45) is 0 Å². The fourth-order valence-electron chi connectivity index (χ4n) is 2.55. The van der Waals surface area contributed by atoms with Crippen molar-refractivity contribution in [3.8, 4) is 0 Å². The van der Waals surface area contributed by atoms with Crippen molar-refractivity contribution in [2.45, 2.75) is 32.4 Å². The first kappa shape index (κ1) is 15.1. The second-order valence-electron chi connectivity index (χ2n) is 5.79. The summed E-state index contributed by atoms with van der Waals surface area (Å²) in [6.07, 6.45) is 3.59. The Balaban J connectivity index is 1.69. The Bertz CT molecular complexity index is 738. The van der Waals surface area contributed by atoms with Crippen LogP contribution in [0.4, 0.5) is 16.2 Å². The molecule has 0 radical (unpaired) electrons. The van der Waals surface area contributed by atoms with Crippen molar-refractivity contribution in [3.05, 3.63) is 42.2 Å². The van der Waals surface area contributed by atoms with Crippen LogP contribution in [-0.2, 0) is 4.79 Å². The predicted octanol–water partition coefficient (Wildman–Crippen LogP) is 2.67. The number of anilines is 2. The summed E-state index contributed by atoms with van der Waals surface area (Å²) in [6, 6.07) is 6.98. The Morgan fingerprint density at radius 3 is 2.91 bits per heavy atom. The molecule has 2 aromatic rings. The number of hydrogen-bond acceptors (Lipinski definition) is 3. The van der Waals surface area contributed by atoms with Crippen molar-refractivity contribution in [1.29, 1.82) is 0 Å². The minimum absolute atomic E-state index is 0.110. The van der Waals surface area contributed by atoms with Crippen LogP contribution in [0.15, 0.2) is 36.7 Å². The summed E-state index contributed by atoms with van der Waals surface area (Å²) in [6.45, 7) is 4.02. The van der Waals surface area contributed by atoms with E-state index in [1.807, 2.05) is 38.1 Å². The number of nitrogens with one attached hydrogen (secondary N) is 3. The van der Waals surface area contributed by atoms with Gasteiger partial charge in [-0.3, -0.25) is 9.48 Å². The van der Waals surface area contributed by atoms with Crippen LogP contribution in [0.25, 0.3) is 0 Å². The Labute approximate surface area is 134 Å². The van der Waals surface area contributed by atoms with Crippen molar-refractivity contribution in [2.75, 3.05) is 10.6 Å². The highest BCUT2D eigenvalue weighted by Crippen LogP contribution is 2.29. The van der Waals surface area contributed by atoms with E-state index in [0.29, 0.717) is 5.69 Å². The van der Waals surface area contributed by atoms with E-state index < -0.39 is 0 Å². The molecular weight excluding hydrogens is 294 g/mol. The molecule has 2 heterocycles. The van der Waals surface area contributed by atoms with Crippen LogP contribution in [0.5, 0.6) is 0 Å². The number of nitrogens with zero attached hydrogens (tertiary/aromatic N) is 2. The van der Waals surface area contributed by atoms with Gasteiger partial charge in [-0.25, -0.2) is 4.79 Å². The van der Waals surface area contributed by atoms with Gasteiger partial charge in [-0.05, 0) is 25.5 Å². The van der Waals surface area contributed by atoms with Gasteiger partial charge in [0.15, 0.2) is 0 Å². The second-order valence-corrected chi connectivity index (χ2v) is 5.79. The van der Waals surface area contributed by atoms with Crippen LogP contribution in [0.3, 0.4) is 0 Å². The lowest BCUT2D eigenvalue weighted by Crippen LogP contribution is -2.37. The van der Waals surface area contributed by atoms with E-state index in [9.17, 15) is 9.59 Å². The third kappa shape index (κ3) is 3.33. The fraction of sp³-hybridized carbons (Fsp3) is 0.312. The van der Waals surface area contributed by atoms with E-state index in [1.54, 1.807) is 17.1 Å². The van der Waals surface area contributed by atoms with E-state index in [2.05, 4.69) is 21.0 Å². The summed E-state index contributed by atoms with van der Waals surface area (Å²) < 4.78 is 1.76. The number of fused-ring (bicyclic) bond motifs is 1. The van der Waals surface area contributed by atoms with Crippen molar-refractivity contribution >= 4 is 23.3 Å². The van der Waals surface area contributed by atoms with Crippen molar-refractivity contribution in [1.82, 2.24) is 15.1 Å². The molecule has 0 fully saturated rings. The third-order valence-corrected chi connectivity index (χ3v) is 3.69. The molecule has 3 amide bonds. The summed E-state index contributed by atoms with van der Waals surface area (Å²) in [4.78, 5) is 23.9. The number of carbonyl (C=O) groups excluding carboxylic acids is 2. The van der Waals surface area contributed by atoms with Crippen LogP contribution >= 0.6 is 0 Å². The van der Waals surface area contributed by atoms with Gasteiger partial charge in [0.2, 0.25) is 5.91 Å². The highest BCUT2D eigenvalue weighted by molar-refractivity contribution is 5.96. The third-order valence-electron chi connectivity index (χ3n) is 3.69. The number of urea groups is 1. The van der Waals surface area contributed by atoms with Gasteiger partial charge in [0.1, 0.15) is 0 Å². The maximum absolute atomic E-state index is 12.2. The average Bonchev–Trinajstić information content (AvgIpc) is 2.95. The molecule has 0 bridgehead atoms. The molecule has 1 aliphatic heterocycles.